The van der Waals surface area contributed by atoms with Gasteiger partial charge in [0.05, 0.1) is 29.2 Å². The fraction of sp³-hybridized carbons (Fsp3) is 0.167. The number of methoxy groups -OCH3 is 1. The zero-order chi connectivity index (χ0) is 33.2. The number of nitrogens with one attached hydrogen (secondary N) is 3. The number of rotatable bonds is 13. The molecule has 5 rings (SSSR count). The Bertz CT molecular complexity index is 1890. The van der Waals surface area contributed by atoms with Crippen LogP contribution in [0.1, 0.15) is 36.2 Å². The summed E-state index contributed by atoms with van der Waals surface area (Å²) in [6, 6.07) is 28.7. The van der Waals surface area contributed by atoms with Gasteiger partial charge in [-0.3, -0.25) is 14.4 Å². The number of fused-ring (bicyclic) bond motifs is 1. The Kier molecular flexibility index (Phi) is 11.3. The molecule has 0 saturated carbocycles. The largest absolute Gasteiger partial charge is 0.497 e. The zero-order valence-electron chi connectivity index (χ0n) is 26.1. The van der Waals surface area contributed by atoms with Crippen molar-refractivity contribution in [2.24, 2.45) is 0 Å². The van der Waals surface area contributed by atoms with Crippen LogP contribution in [0.3, 0.4) is 0 Å². The van der Waals surface area contributed by atoms with Crippen LogP contribution in [0.15, 0.2) is 108 Å². The molecule has 0 saturated heterocycles. The van der Waals surface area contributed by atoms with Gasteiger partial charge in [-0.25, -0.2) is 4.98 Å². The van der Waals surface area contributed by atoms with Crippen molar-refractivity contribution >= 4 is 67.9 Å². The van der Waals surface area contributed by atoms with Crippen molar-refractivity contribution in [3.63, 3.8) is 0 Å². The number of ether oxygens (including phenoxy) is 2. The Morgan fingerprint density at radius 2 is 1.66 bits per heavy atom. The van der Waals surface area contributed by atoms with Crippen molar-refractivity contribution in [2.45, 2.75) is 30.4 Å². The maximum Gasteiger partial charge on any atom is 0.272 e. The molecule has 47 heavy (non-hydrogen) atoms. The van der Waals surface area contributed by atoms with Crippen LogP contribution in [0.4, 0.5) is 10.8 Å². The molecule has 0 radical (unpaired) electrons. The summed E-state index contributed by atoms with van der Waals surface area (Å²) in [6.45, 7) is 4.45. The van der Waals surface area contributed by atoms with Crippen LogP contribution < -0.4 is 25.4 Å². The maximum absolute atomic E-state index is 13.5. The topological polar surface area (TPSA) is 119 Å². The molecule has 4 aromatic carbocycles. The van der Waals surface area contributed by atoms with E-state index < -0.39 is 17.1 Å². The molecule has 5 aromatic rings. The van der Waals surface area contributed by atoms with Crippen LogP contribution in [-0.4, -0.2) is 41.7 Å². The highest BCUT2D eigenvalue weighted by molar-refractivity contribution is 8.00. The summed E-state index contributed by atoms with van der Waals surface area (Å²) in [6.07, 6.45) is 2.18. The second kappa shape index (κ2) is 15.9. The number of benzene rings is 4. The number of thiazole rings is 1. The van der Waals surface area contributed by atoms with Crippen LogP contribution >= 0.6 is 23.1 Å². The summed E-state index contributed by atoms with van der Waals surface area (Å²) >= 11 is 2.79. The van der Waals surface area contributed by atoms with Gasteiger partial charge in [0.25, 0.3) is 11.8 Å². The average molecular weight is 667 g/mol. The van der Waals surface area contributed by atoms with E-state index in [1.54, 1.807) is 73.8 Å². The second-order valence-electron chi connectivity index (χ2n) is 10.2. The van der Waals surface area contributed by atoms with E-state index >= 15 is 0 Å². The van der Waals surface area contributed by atoms with Crippen molar-refractivity contribution in [3.05, 3.63) is 114 Å². The molecule has 0 aliphatic carbocycles. The Morgan fingerprint density at radius 1 is 0.894 bits per heavy atom. The Morgan fingerprint density at radius 3 is 2.38 bits per heavy atom. The molecule has 0 aliphatic rings. The van der Waals surface area contributed by atoms with Crippen LogP contribution in [0.2, 0.25) is 0 Å². The van der Waals surface area contributed by atoms with E-state index in [-0.39, 0.29) is 11.6 Å². The molecule has 1 unspecified atom stereocenters. The predicted octanol–water partition coefficient (Wildman–Crippen LogP) is 7.62. The number of nitrogens with zero attached hydrogens (tertiary/aromatic N) is 1. The van der Waals surface area contributed by atoms with Crippen LogP contribution in [-0.2, 0) is 9.59 Å². The van der Waals surface area contributed by atoms with Gasteiger partial charge in [0.15, 0.2) is 5.13 Å². The first-order valence-electron chi connectivity index (χ1n) is 15.0. The number of hydrogen-bond acceptors (Lipinski definition) is 8. The number of anilines is 2. The predicted molar refractivity (Wildman–Crippen MR) is 189 cm³/mol. The van der Waals surface area contributed by atoms with Crippen molar-refractivity contribution in [2.75, 3.05) is 24.4 Å². The summed E-state index contributed by atoms with van der Waals surface area (Å²) in [7, 11) is 1.58. The highest BCUT2D eigenvalue weighted by Gasteiger charge is 2.21. The molecule has 11 heteroatoms. The van der Waals surface area contributed by atoms with Crippen LogP contribution in [0, 0.1) is 0 Å². The quantitative estimate of drug-likeness (QED) is 0.0874. The van der Waals surface area contributed by atoms with Gasteiger partial charge in [-0.2, -0.15) is 0 Å². The fourth-order valence-electron chi connectivity index (χ4n) is 4.54. The lowest BCUT2D eigenvalue weighted by Crippen LogP contribution is -2.30. The molecule has 0 fully saturated rings. The van der Waals surface area contributed by atoms with Gasteiger partial charge in [0.1, 0.15) is 17.2 Å². The number of amides is 3. The molecule has 1 atom stereocenters. The van der Waals surface area contributed by atoms with E-state index in [9.17, 15) is 14.4 Å². The Balaban J connectivity index is 1.29. The van der Waals surface area contributed by atoms with Gasteiger partial charge in [0, 0.05) is 16.1 Å². The SMILES string of the molecule is CCOc1ccc2nc(NC(=O)C(CC)Sc3cccc(NC(=O)/C(=C\c4ccc(OC)cc4)NC(=O)c4ccccc4)c3)sc2c1. The second-order valence-corrected chi connectivity index (χ2v) is 12.5. The lowest BCUT2D eigenvalue weighted by molar-refractivity contribution is -0.116. The van der Waals surface area contributed by atoms with Gasteiger partial charge < -0.3 is 25.4 Å². The highest BCUT2D eigenvalue weighted by Crippen LogP contribution is 2.32. The number of carbonyl (C=O) groups excluding carboxylic acids is 3. The van der Waals surface area contributed by atoms with Crippen molar-refractivity contribution in [3.8, 4) is 11.5 Å². The van der Waals surface area contributed by atoms with Crippen molar-refractivity contribution in [1.82, 2.24) is 10.3 Å². The number of thioether (sulfide) groups is 1. The van der Waals surface area contributed by atoms with Crippen molar-refractivity contribution in [1.29, 1.82) is 0 Å². The molecule has 1 heterocycles. The molecule has 3 N–H and O–H groups in total. The molecular formula is C36H34N4O5S2. The normalized spacial score (nSPS) is 11.9. The third-order valence-corrected chi connectivity index (χ3v) is 9.18. The third-order valence-electron chi connectivity index (χ3n) is 6.89. The Labute approximate surface area is 281 Å². The minimum Gasteiger partial charge on any atom is -0.497 e. The summed E-state index contributed by atoms with van der Waals surface area (Å²) in [5, 5.41) is 8.72. The molecule has 240 valence electrons. The Hall–Kier alpha value is -5.13. The van der Waals surface area contributed by atoms with E-state index in [0.717, 1.165) is 20.9 Å². The summed E-state index contributed by atoms with van der Waals surface area (Å²) < 4.78 is 11.7. The fourth-order valence-corrected chi connectivity index (χ4v) is 6.45. The smallest absolute Gasteiger partial charge is 0.272 e. The average Bonchev–Trinajstić information content (AvgIpc) is 3.49. The van der Waals surface area contributed by atoms with E-state index in [0.29, 0.717) is 40.7 Å². The molecular weight excluding hydrogens is 633 g/mol. The molecule has 1 aromatic heterocycles. The molecule has 9 nitrogen and oxygen atoms in total. The number of hydrogen-bond donors (Lipinski definition) is 3. The number of carbonyl (C=O) groups is 3. The van der Waals surface area contributed by atoms with Crippen molar-refractivity contribution < 1.29 is 23.9 Å². The van der Waals surface area contributed by atoms with Gasteiger partial charge in [-0.15, -0.1) is 11.8 Å². The zero-order valence-corrected chi connectivity index (χ0v) is 27.7. The van der Waals surface area contributed by atoms with Crippen LogP contribution in [0.25, 0.3) is 16.3 Å². The summed E-state index contributed by atoms with van der Waals surface area (Å²) in [4.78, 5) is 45.1. The molecule has 0 spiro atoms. The van der Waals surface area contributed by atoms with Gasteiger partial charge in [-0.1, -0.05) is 54.7 Å². The van der Waals surface area contributed by atoms with Gasteiger partial charge in [0.2, 0.25) is 5.91 Å². The monoisotopic (exact) mass is 666 g/mol. The highest BCUT2D eigenvalue weighted by atomic mass is 32.2. The third kappa shape index (κ3) is 8.99. The first-order chi connectivity index (χ1) is 22.8. The first kappa shape index (κ1) is 33.2. The molecule has 0 aliphatic heterocycles. The van der Waals surface area contributed by atoms with E-state index in [4.69, 9.17) is 9.47 Å². The van der Waals surface area contributed by atoms with Gasteiger partial charge in [-0.05, 0) is 85.6 Å². The molecule has 3 amide bonds. The van der Waals surface area contributed by atoms with Gasteiger partial charge >= 0.3 is 0 Å². The van der Waals surface area contributed by atoms with Crippen LogP contribution in [0.5, 0.6) is 11.5 Å². The lowest BCUT2D eigenvalue weighted by atomic mass is 10.1. The number of aromatic nitrogens is 1. The molecule has 0 bridgehead atoms. The minimum absolute atomic E-state index is 0.0668. The first-order valence-corrected chi connectivity index (χ1v) is 16.7. The summed E-state index contributed by atoms with van der Waals surface area (Å²) in [5.41, 5.74) is 2.49. The minimum atomic E-state index is -0.500. The van der Waals surface area contributed by atoms with E-state index in [2.05, 4.69) is 20.9 Å². The lowest BCUT2D eigenvalue weighted by Gasteiger charge is -2.15. The van der Waals surface area contributed by atoms with E-state index in [1.165, 1.54) is 23.1 Å². The van der Waals surface area contributed by atoms with E-state index in [1.807, 2.05) is 50.2 Å². The standard InChI is InChI=1S/C36H34N4O5S2/c1-4-31(35(43)40-36-39-29-19-18-27(45-5-2)22-32(29)47-36)46-28-13-9-12-25(21-28)37-34(42)30(20-23-14-16-26(44-3)17-15-23)38-33(41)24-10-7-6-8-11-24/h6-22,31H,4-5H2,1-3H3,(H,37,42)(H,38,41)(H,39,40,43)/b30-20+. The maximum atomic E-state index is 13.5. The summed E-state index contributed by atoms with van der Waals surface area (Å²) in [5.74, 6) is 0.359.